The molecule has 19 heavy (non-hydrogen) atoms. The molecule has 1 aliphatic heterocycles. The van der Waals surface area contributed by atoms with Crippen LogP contribution in [0.25, 0.3) is 0 Å². The van der Waals surface area contributed by atoms with E-state index in [-0.39, 0.29) is 6.61 Å². The fourth-order valence-corrected chi connectivity index (χ4v) is 2.48. The molecule has 104 valence electrons. The largest absolute Gasteiger partial charge is 0.395 e. The predicted molar refractivity (Wildman–Crippen MR) is 81.1 cm³/mol. The van der Waals surface area contributed by atoms with Gasteiger partial charge in [0.2, 0.25) is 0 Å². The number of piperazine rings is 1. The van der Waals surface area contributed by atoms with E-state index in [4.69, 9.17) is 23.1 Å². The number of hydrogen-bond acceptors (Lipinski definition) is 4. The van der Waals surface area contributed by atoms with Gasteiger partial charge in [-0.2, -0.15) is 0 Å². The third kappa shape index (κ3) is 4.24. The molecular weight excluding hydrogens is 258 g/mol. The lowest BCUT2D eigenvalue weighted by Crippen LogP contribution is -2.46. The minimum absolute atomic E-state index is 0.250. The molecule has 0 saturated carbocycles. The van der Waals surface area contributed by atoms with Gasteiger partial charge in [0.15, 0.2) is 0 Å². The molecule has 0 spiro atoms. The van der Waals surface area contributed by atoms with Gasteiger partial charge in [0.05, 0.1) is 6.61 Å². The third-order valence-electron chi connectivity index (χ3n) is 3.53. The lowest BCUT2D eigenvalue weighted by Gasteiger charge is -2.34. The molecule has 0 amide bonds. The molecular formula is C14H21N3OS. The first-order valence-corrected chi connectivity index (χ1v) is 7.04. The summed E-state index contributed by atoms with van der Waals surface area (Å²) in [5.41, 5.74) is 7.80. The van der Waals surface area contributed by atoms with Crippen LogP contribution in [0, 0.1) is 0 Å². The summed E-state index contributed by atoms with van der Waals surface area (Å²) in [4.78, 5) is 5.18. The Labute approximate surface area is 119 Å². The van der Waals surface area contributed by atoms with Gasteiger partial charge in [-0.05, 0) is 5.56 Å². The summed E-state index contributed by atoms with van der Waals surface area (Å²) in [5, 5.41) is 8.91. The summed E-state index contributed by atoms with van der Waals surface area (Å²) in [7, 11) is 0. The first kappa shape index (κ1) is 14.4. The summed E-state index contributed by atoms with van der Waals surface area (Å²) in [6.45, 7) is 6.17. The van der Waals surface area contributed by atoms with Crippen molar-refractivity contribution in [2.75, 3.05) is 39.3 Å². The second-order valence-corrected chi connectivity index (χ2v) is 5.34. The zero-order chi connectivity index (χ0) is 13.7. The Hall–Kier alpha value is -1.01. The van der Waals surface area contributed by atoms with Gasteiger partial charge < -0.3 is 10.8 Å². The lowest BCUT2D eigenvalue weighted by molar-refractivity contribution is 0.108. The molecule has 1 aromatic carbocycles. The Kier molecular flexibility index (Phi) is 5.27. The number of nitrogens with two attached hydrogens (primary N) is 1. The van der Waals surface area contributed by atoms with E-state index in [2.05, 4.69) is 21.9 Å². The summed E-state index contributed by atoms with van der Waals surface area (Å²) in [6, 6.07) is 8.16. The quantitative estimate of drug-likeness (QED) is 0.766. The van der Waals surface area contributed by atoms with Crippen molar-refractivity contribution in [1.29, 1.82) is 0 Å². The second kappa shape index (κ2) is 6.96. The fraction of sp³-hybridized carbons (Fsp3) is 0.500. The first-order valence-electron chi connectivity index (χ1n) is 6.63. The molecule has 5 heteroatoms. The number of aliphatic hydroxyl groups is 1. The zero-order valence-corrected chi connectivity index (χ0v) is 11.9. The highest BCUT2D eigenvalue weighted by Crippen LogP contribution is 2.10. The number of benzene rings is 1. The fourth-order valence-electron chi connectivity index (χ4n) is 2.35. The van der Waals surface area contributed by atoms with Crippen molar-refractivity contribution in [3.63, 3.8) is 0 Å². The van der Waals surface area contributed by atoms with Crippen molar-refractivity contribution in [1.82, 2.24) is 9.80 Å². The van der Waals surface area contributed by atoms with E-state index in [0.29, 0.717) is 4.99 Å². The smallest absolute Gasteiger partial charge is 0.103 e. The van der Waals surface area contributed by atoms with Gasteiger partial charge in [-0.25, -0.2) is 0 Å². The standard InChI is InChI=1S/C14H21N3OS/c15-14(19)13-3-1-12(2-4-13)11-17-7-5-16(6-8-17)9-10-18/h1-4,18H,5-11H2,(H2,15,19). The van der Waals surface area contributed by atoms with Crippen LogP contribution in [0.5, 0.6) is 0 Å². The Morgan fingerprint density at radius 3 is 2.21 bits per heavy atom. The highest BCUT2D eigenvalue weighted by molar-refractivity contribution is 7.80. The minimum atomic E-state index is 0.250. The van der Waals surface area contributed by atoms with Crippen LogP contribution in [0.15, 0.2) is 24.3 Å². The van der Waals surface area contributed by atoms with Gasteiger partial charge >= 0.3 is 0 Å². The maximum Gasteiger partial charge on any atom is 0.103 e. The van der Waals surface area contributed by atoms with Crippen LogP contribution in [0.2, 0.25) is 0 Å². The molecule has 0 aliphatic carbocycles. The van der Waals surface area contributed by atoms with Gasteiger partial charge in [-0.1, -0.05) is 36.5 Å². The number of thiocarbonyl (C=S) groups is 1. The summed E-state index contributed by atoms with van der Waals surface area (Å²) in [5.74, 6) is 0. The van der Waals surface area contributed by atoms with Gasteiger partial charge in [0.25, 0.3) is 0 Å². The molecule has 1 fully saturated rings. The Balaban J connectivity index is 1.83. The van der Waals surface area contributed by atoms with E-state index in [1.807, 2.05) is 12.1 Å². The highest BCUT2D eigenvalue weighted by Gasteiger charge is 2.16. The zero-order valence-electron chi connectivity index (χ0n) is 11.1. The lowest BCUT2D eigenvalue weighted by atomic mass is 10.1. The third-order valence-corrected chi connectivity index (χ3v) is 3.76. The molecule has 4 nitrogen and oxygen atoms in total. The monoisotopic (exact) mass is 279 g/mol. The number of aliphatic hydroxyl groups excluding tert-OH is 1. The molecule has 0 bridgehead atoms. The van der Waals surface area contributed by atoms with Crippen LogP contribution in [-0.2, 0) is 6.54 Å². The van der Waals surface area contributed by atoms with Crippen LogP contribution < -0.4 is 5.73 Å². The molecule has 0 atom stereocenters. The Morgan fingerprint density at radius 2 is 1.68 bits per heavy atom. The molecule has 0 aromatic heterocycles. The first-order chi connectivity index (χ1) is 9.19. The van der Waals surface area contributed by atoms with Crippen molar-refractivity contribution >= 4 is 17.2 Å². The second-order valence-electron chi connectivity index (χ2n) is 4.90. The van der Waals surface area contributed by atoms with Crippen molar-refractivity contribution in [2.24, 2.45) is 5.73 Å². The summed E-state index contributed by atoms with van der Waals surface area (Å²) in [6.07, 6.45) is 0. The van der Waals surface area contributed by atoms with Crippen LogP contribution in [0.4, 0.5) is 0 Å². The Bertz CT molecular complexity index is 413. The predicted octanol–water partition coefficient (Wildman–Crippen LogP) is 0.431. The maximum absolute atomic E-state index is 8.91. The topological polar surface area (TPSA) is 52.7 Å². The van der Waals surface area contributed by atoms with Crippen molar-refractivity contribution in [3.8, 4) is 0 Å². The minimum Gasteiger partial charge on any atom is -0.395 e. The van der Waals surface area contributed by atoms with Crippen molar-refractivity contribution in [2.45, 2.75) is 6.54 Å². The molecule has 1 aromatic rings. The van der Waals surface area contributed by atoms with E-state index in [1.165, 1.54) is 5.56 Å². The van der Waals surface area contributed by atoms with Gasteiger partial charge in [-0.3, -0.25) is 9.80 Å². The average molecular weight is 279 g/mol. The van der Waals surface area contributed by atoms with Gasteiger partial charge in [0, 0.05) is 44.8 Å². The maximum atomic E-state index is 8.91. The number of rotatable bonds is 5. The molecule has 1 saturated heterocycles. The van der Waals surface area contributed by atoms with E-state index in [0.717, 1.165) is 44.8 Å². The van der Waals surface area contributed by atoms with Crippen molar-refractivity contribution in [3.05, 3.63) is 35.4 Å². The van der Waals surface area contributed by atoms with Crippen LogP contribution in [-0.4, -0.2) is 59.2 Å². The van der Waals surface area contributed by atoms with E-state index in [9.17, 15) is 0 Å². The van der Waals surface area contributed by atoms with Crippen LogP contribution >= 0.6 is 12.2 Å². The number of β-amino-alcohol motifs (C(OH)–C–C–N with tert-alkyl or cyclic N) is 1. The highest BCUT2D eigenvalue weighted by atomic mass is 32.1. The molecule has 0 radical (unpaired) electrons. The molecule has 1 aliphatic rings. The molecule has 3 N–H and O–H groups in total. The SMILES string of the molecule is NC(=S)c1ccc(CN2CCN(CCO)CC2)cc1. The van der Waals surface area contributed by atoms with Crippen LogP contribution in [0.3, 0.4) is 0 Å². The average Bonchev–Trinajstić information content (AvgIpc) is 2.42. The van der Waals surface area contributed by atoms with E-state index >= 15 is 0 Å². The van der Waals surface area contributed by atoms with E-state index < -0.39 is 0 Å². The molecule has 1 heterocycles. The van der Waals surface area contributed by atoms with E-state index in [1.54, 1.807) is 0 Å². The summed E-state index contributed by atoms with van der Waals surface area (Å²) >= 11 is 4.95. The van der Waals surface area contributed by atoms with Gasteiger partial charge in [0.1, 0.15) is 4.99 Å². The normalized spacial score (nSPS) is 17.5. The number of hydrogen-bond donors (Lipinski definition) is 2. The van der Waals surface area contributed by atoms with Crippen LogP contribution in [0.1, 0.15) is 11.1 Å². The number of nitrogens with zero attached hydrogens (tertiary/aromatic N) is 2. The molecule has 0 unspecified atom stereocenters. The summed E-state index contributed by atoms with van der Waals surface area (Å²) < 4.78 is 0. The molecule has 2 rings (SSSR count). The van der Waals surface area contributed by atoms with Crippen molar-refractivity contribution < 1.29 is 5.11 Å². The van der Waals surface area contributed by atoms with Gasteiger partial charge in [-0.15, -0.1) is 0 Å². The Morgan fingerprint density at radius 1 is 1.11 bits per heavy atom.